The third-order valence-corrected chi connectivity index (χ3v) is 3.03. The lowest BCUT2D eigenvalue weighted by molar-refractivity contribution is 0.0966. The highest BCUT2D eigenvalue weighted by molar-refractivity contribution is 5.96. The van der Waals surface area contributed by atoms with Crippen molar-refractivity contribution in [2.24, 2.45) is 0 Å². The highest BCUT2D eigenvalue weighted by Crippen LogP contribution is 2.24. The number of nitrogens with zero attached hydrogens (tertiary/aromatic N) is 1. The second kappa shape index (κ2) is 4.61. The fourth-order valence-electron chi connectivity index (χ4n) is 2.14. The summed E-state index contributed by atoms with van der Waals surface area (Å²) in [4.78, 5) is 16.1. The van der Waals surface area contributed by atoms with Crippen molar-refractivity contribution in [3.63, 3.8) is 0 Å². The van der Waals surface area contributed by atoms with Crippen LogP contribution < -0.4 is 4.74 Å². The molecule has 0 aliphatic heterocycles. The summed E-state index contributed by atoms with van der Waals surface area (Å²) in [5.74, 6) is 1.33. The van der Waals surface area contributed by atoms with Gasteiger partial charge in [-0.3, -0.25) is 4.79 Å². The van der Waals surface area contributed by atoms with E-state index in [9.17, 15) is 4.79 Å². The molecule has 0 unspecified atom stereocenters. The van der Waals surface area contributed by atoms with Gasteiger partial charge < -0.3 is 4.74 Å². The average molecular weight is 239 g/mol. The van der Waals surface area contributed by atoms with Gasteiger partial charge in [-0.25, -0.2) is 4.98 Å². The van der Waals surface area contributed by atoms with Crippen molar-refractivity contribution in [3.8, 4) is 11.6 Å². The molecule has 0 saturated carbocycles. The molecule has 1 aromatic carbocycles. The van der Waals surface area contributed by atoms with Crippen molar-refractivity contribution in [2.45, 2.75) is 19.3 Å². The molecule has 0 atom stereocenters. The second-order valence-corrected chi connectivity index (χ2v) is 4.35. The van der Waals surface area contributed by atoms with Crippen LogP contribution in [0.2, 0.25) is 0 Å². The molecule has 90 valence electrons. The van der Waals surface area contributed by atoms with Crippen molar-refractivity contribution in [1.82, 2.24) is 4.98 Å². The van der Waals surface area contributed by atoms with Gasteiger partial charge in [0.2, 0.25) is 5.88 Å². The van der Waals surface area contributed by atoms with Crippen molar-refractivity contribution in [1.29, 1.82) is 0 Å². The quantitative estimate of drug-likeness (QED) is 0.806. The molecule has 0 saturated heterocycles. The Balaban J connectivity index is 1.90. The lowest BCUT2D eigenvalue weighted by atomic mass is 9.95. The number of fused-ring (bicyclic) bond motifs is 1. The number of carbonyl (C=O) groups is 1. The molecule has 0 N–H and O–H groups in total. The first-order chi connectivity index (χ1) is 8.83. The first-order valence-corrected chi connectivity index (χ1v) is 6.09. The van der Waals surface area contributed by atoms with Crippen LogP contribution in [0.3, 0.4) is 0 Å². The third-order valence-electron chi connectivity index (χ3n) is 3.03. The van der Waals surface area contributed by atoms with Gasteiger partial charge in [0.15, 0.2) is 5.78 Å². The van der Waals surface area contributed by atoms with E-state index in [1.165, 1.54) is 0 Å². The van der Waals surface area contributed by atoms with Gasteiger partial charge in [0.25, 0.3) is 0 Å². The van der Waals surface area contributed by atoms with Crippen LogP contribution >= 0.6 is 0 Å². The number of pyridine rings is 1. The molecule has 0 amide bonds. The number of carbonyl (C=O) groups excluding carboxylic acids is 1. The largest absolute Gasteiger partial charge is 0.439 e. The van der Waals surface area contributed by atoms with E-state index < -0.39 is 0 Å². The monoisotopic (exact) mass is 239 g/mol. The molecule has 2 aromatic rings. The maximum atomic E-state index is 11.8. The fraction of sp³-hybridized carbons (Fsp3) is 0.200. The second-order valence-electron chi connectivity index (χ2n) is 4.35. The van der Waals surface area contributed by atoms with Gasteiger partial charge >= 0.3 is 0 Å². The minimum Gasteiger partial charge on any atom is -0.439 e. The average Bonchev–Trinajstić information content (AvgIpc) is 2.41. The number of rotatable bonds is 2. The summed E-state index contributed by atoms with van der Waals surface area (Å²) in [5.41, 5.74) is 1.61. The number of benzene rings is 1. The summed E-state index contributed by atoms with van der Waals surface area (Å²) in [6, 6.07) is 13.2. The topological polar surface area (TPSA) is 39.2 Å². The maximum Gasteiger partial charge on any atom is 0.219 e. The van der Waals surface area contributed by atoms with E-state index in [0.29, 0.717) is 18.0 Å². The van der Waals surface area contributed by atoms with Crippen molar-refractivity contribution in [2.75, 3.05) is 0 Å². The van der Waals surface area contributed by atoms with Gasteiger partial charge in [-0.2, -0.15) is 0 Å². The number of ether oxygens (including phenoxy) is 1. The minimum absolute atomic E-state index is 0.120. The number of hydrogen-bond acceptors (Lipinski definition) is 3. The molecule has 1 heterocycles. The molecule has 1 aromatic heterocycles. The Morgan fingerprint density at radius 2 is 1.83 bits per heavy atom. The first-order valence-electron chi connectivity index (χ1n) is 6.09. The summed E-state index contributed by atoms with van der Waals surface area (Å²) < 4.78 is 5.63. The zero-order valence-corrected chi connectivity index (χ0v) is 9.93. The van der Waals surface area contributed by atoms with Crippen LogP contribution in [0.5, 0.6) is 11.6 Å². The Hall–Kier alpha value is -2.16. The minimum atomic E-state index is 0.120. The Morgan fingerprint density at radius 3 is 2.67 bits per heavy atom. The van der Waals surface area contributed by atoms with E-state index >= 15 is 0 Å². The highest BCUT2D eigenvalue weighted by Gasteiger charge is 2.19. The molecule has 3 nitrogen and oxygen atoms in total. The number of ketones is 1. The number of Topliss-reactive ketones (excluding diaryl/α,β-unsaturated/α-hetero) is 1. The van der Waals surface area contributed by atoms with E-state index in [1.54, 1.807) is 0 Å². The molecule has 3 heteroatoms. The van der Waals surface area contributed by atoms with Crippen LogP contribution in [-0.4, -0.2) is 10.8 Å². The zero-order chi connectivity index (χ0) is 12.4. The van der Waals surface area contributed by atoms with Gasteiger partial charge in [0, 0.05) is 12.5 Å². The van der Waals surface area contributed by atoms with Crippen LogP contribution in [0.4, 0.5) is 0 Å². The van der Waals surface area contributed by atoms with Gasteiger partial charge in [0.1, 0.15) is 11.4 Å². The first kappa shape index (κ1) is 11.0. The molecule has 3 rings (SSSR count). The number of para-hydroxylation sites is 1. The van der Waals surface area contributed by atoms with Gasteiger partial charge in [-0.15, -0.1) is 0 Å². The van der Waals surface area contributed by atoms with E-state index in [-0.39, 0.29) is 5.78 Å². The number of aryl methyl sites for hydroxylation is 1. The molecule has 18 heavy (non-hydrogen) atoms. The Bertz CT molecular complexity index is 578. The van der Waals surface area contributed by atoms with Crippen LogP contribution in [0, 0.1) is 0 Å². The molecule has 0 radical (unpaired) electrons. The zero-order valence-electron chi connectivity index (χ0n) is 9.93. The number of hydrogen-bond donors (Lipinski definition) is 0. The molecule has 0 spiro atoms. The van der Waals surface area contributed by atoms with Crippen LogP contribution in [0.25, 0.3) is 0 Å². The van der Waals surface area contributed by atoms with Crippen molar-refractivity contribution < 1.29 is 9.53 Å². The van der Waals surface area contributed by atoms with Crippen LogP contribution in [0.15, 0.2) is 42.5 Å². The summed E-state index contributed by atoms with van der Waals surface area (Å²) >= 11 is 0. The van der Waals surface area contributed by atoms with Crippen molar-refractivity contribution in [3.05, 3.63) is 53.7 Å². The maximum absolute atomic E-state index is 11.8. The Morgan fingerprint density at radius 1 is 1.00 bits per heavy atom. The van der Waals surface area contributed by atoms with Crippen LogP contribution in [0.1, 0.15) is 28.9 Å². The standard InChI is InChI=1S/C15H13NO2/c17-13-8-4-5-11-9-10-14(16-15(11)13)18-12-6-2-1-3-7-12/h1-3,6-7,9-10H,4-5,8H2. The molecule has 0 bridgehead atoms. The van der Waals surface area contributed by atoms with E-state index in [2.05, 4.69) is 4.98 Å². The van der Waals surface area contributed by atoms with E-state index in [4.69, 9.17) is 4.74 Å². The normalized spacial score (nSPS) is 14.1. The fourth-order valence-corrected chi connectivity index (χ4v) is 2.14. The SMILES string of the molecule is O=C1CCCc2ccc(Oc3ccccc3)nc21. The van der Waals surface area contributed by atoms with E-state index in [0.717, 1.165) is 24.2 Å². The summed E-state index contributed by atoms with van der Waals surface area (Å²) in [5, 5.41) is 0. The third kappa shape index (κ3) is 2.12. The predicted octanol–water partition coefficient (Wildman–Crippen LogP) is 3.39. The molecule has 0 fully saturated rings. The predicted molar refractivity (Wildman–Crippen MR) is 68.0 cm³/mol. The Labute approximate surface area is 105 Å². The molecular weight excluding hydrogens is 226 g/mol. The summed E-state index contributed by atoms with van der Waals surface area (Å²) in [6.07, 6.45) is 2.45. The van der Waals surface area contributed by atoms with Crippen LogP contribution in [-0.2, 0) is 6.42 Å². The lowest BCUT2D eigenvalue weighted by Crippen LogP contribution is -2.13. The molecule has 1 aliphatic rings. The lowest BCUT2D eigenvalue weighted by Gasteiger charge is -2.14. The van der Waals surface area contributed by atoms with Gasteiger partial charge in [-0.05, 0) is 30.5 Å². The van der Waals surface area contributed by atoms with Gasteiger partial charge in [0.05, 0.1) is 0 Å². The molecular formula is C15H13NO2. The van der Waals surface area contributed by atoms with E-state index in [1.807, 2.05) is 42.5 Å². The summed E-state index contributed by atoms with van der Waals surface area (Å²) in [6.45, 7) is 0. The molecule has 1 aliphatic carbocycles. The van der Waals surface area contributed by atoms with Gasteiger partial charge in [-0.1, -0.05) is 24.3 Å². The van der Waals surface area contributed by atoms with Crippen molar-refractivity contribution >= 4 is 5.78 Å². The smallest absolute Gasteiger partial charge is 0.219 e. The Kier molecular flexibility index (Phi) is 2.81. The number of aromatic nitrogens is 1. The summed E-state index contributed by atoms with van der Waals surface area (Å²) in [7, 11) is 0. The highest BCUT2D eigenvalue weighted by atomic mass is 16.5.